The number of amides is 1. The summed E-state index contributed by atoms with van der Waals surface area (Å²) in [5.74, 6) is 0.193. The summed E-state index contributed by atoms with van der Waals surface area (Å²) >= 11 is 7.95. The molecular weight excluding hydrogens is 440 g/mol. The van der Waals surface area contributed by atoms with Gasteiger partial charge in [0, 0.05) is 23.1 Å². The van der Waals surface area contributed by atoms with Crippen LogP contribution in [-0.2, 0) is 4.79 Å². The fraction of sp³-hybridized carbons (Fsp3) is 0.0476. The molecule has 0 bridgehead atoms. The van der Waals surface area contributed by atoms with Crippen LogP contribution < -0.4 is 4.90 Å². The zero-order valence-corrected chi connectivity index (χ0v) is 18.1. The van der Waals surface area contributed by atoms with Crippen molar-refractivity contribution in [3.63, 3.8) is 0 Å². The molecule has 1 fully saturated rings. The van der Waals surface area contributed by atoms with Gasteiger partial charge in [0.15, 0.2) is 9.41 Å². The van der Waals surface area contributed by atoms with Gasteiger partial charge in [0.2, 0.25) is 0 Å². The van der Waals surface area contributed by atoms with E-state index in [0.29, 0.717) is 25.8 Å². The van der Waals surface area contributed by atoms with Crippen LogP contribution in [0.5, 0.6) is 0 Å². The summed E-state index contributed by atoms with van der Waals surface area (Å²) in [6.07, 6.45) is 1.63. The molecule has 3 aromatic rings. The van der Waals surface area contributed by atoms with Crippen LogP contribution in [-0.4, -0.2) is 15.2 Å². The van der Waals surface area contributed by atoms with Crippen LogP contribution in [0.3, 0.4) is 0 Å². The molecule has 1 aromatic heterocycles. The lowest BCUT2D eigenvalue weighted by Gasteiger charge is -2.13. The number of furan rings is 1. The van der Waals surface area contributed by atoms with Gasteiger partial charge in [-0.2, -0.15) is 0 Å². The zero-order chi connectivity index (χ0) is 21.3. The van der Waals surface area contributed by atoms with E-state index >= 15 is 0 Å². The maximum Gasteiger partial charge on any atom is 0.271 e. The number of thioether (sulfide) groups is 1. The molecule has 1 saturated heterocycles. The Kier molecular flexibility index (Phi) is 5.76. The zero-order valence-electron chi connectivity index (χ0n) is 15.6. The maximum atomic E-state index is 12.9. The van der Waals surface area contributed by atoms with Gasteiger partial charge in [0.05, 0.1) is 15.5 Å². The molecular formula is C21H14N2O4S3. The van der Waals surface area contributed by atoms with Crippen molar-refractivity contribution in [1.82, 2.24) is 0 Å². The van der Waals surface area contributed by atoms with Crippen molar-refractivity contribution in [2.24, 2.45) is 0 Å². The average Bonchev–Trinajstić information content (AvgIpc) is 3.27. The van der Waals surface area contributed by atoms with Crippen LogP contribution in [0.15, 0.2) is 80.0 Å². The normalized spacial score (nSPS) is 15.2. The van der Waals surface area contributed by atoms with E-state index in [4.69, 9.17) is 16.6 Å². The van der Waals surface area contributed by atoms with Gasteiger partial charge >= 0.3 is 0 Å². The summed E-state index contributed by atoms with van der Waals surface area (Å²) in [6.45, 7) is 2.03. The molecule has 0 unspecified atom stereocenters. The molecule has 0 radical (unpaired) electrons. The number of carbonyl (C=O) groups is 1. The number of thiocarbonyl (C=S) groups is 1. The number of nitro groups is 1. The van der Waals surface area contributed by atoms with E-state index in [9.17, 15) is 14.9 Å². The van der Waals surface area contributed by atoms with Crippen LogP contribution in [0.25, 0.3) is 6.08 Å². The van der Waals surface area contributed by atoms with Gasteiger partial charge in [-0.25, -0.2) is 0 Å². The number of rotatable bonds is 5. The van der Waals surface area contributed by atoms with Crippen LogP contribution in [0.2, 0.25) is 0 Å². The first-order chi connectivity index (χ1) is 14.4. The van der Waals surface area contributed by atoms with E-state index in [0.717, 1.165) is 16.7 Å². The summed E-state index contributed by atoms with van der Waals surface area (Å²) in [5, 5.41) is 11.7. The molecule has 9 heteroatoms. The van der Waals surface area contributed by atoms with Gasteiger partial charge in [0.25, 0.3) is 11.6 Å². The van der Waals surface area contributed by atoms with Crippen molar-refractivity contribution in [3.8, 4) is 0 Å². The number of anilines is 1. The predicted octanol–water partition coefficient (Wildman–Crippen LogP) is 6.05. The molecule has 4 rings (SSSR count). The molecule has 0 aliphatic carbocycles. The van der Waals surface area contributed by atoms with E-state index in [1.807, 2.05) is 37.3 Å². The lowest BCUT2D eigenvalue weighted by atomic mass is 10.2. The van der Waals surface area contributed by atoms with Gasteiger partial charge in [-0.3, -0.25) is 19.8 Å². The molecule has 1 aliphatic heterocycles. The van der Waals surface area contributed by atoms with Crippen molar-refractivity contribution < 1.29 is 14.1 Å². The van der Waals surface area contributed by atoms with Crippen molar-refractivity contribution in [2.75, 3.05) is 4.90 Å². The van der Waals surface area contributed by atoms with Gasteiger partial charge in [-0.15, -0.1) is 0 Å². The minimum atomic E-state index is -0.507. The number of aryl methyl sites for hydroxylation is 1. The third kappa shape index (κ3) is 4.33. The SMILES string of the molecule is Cc1ccc(Sc2ccc(/C=C3/SC(=S)N(c4cccc([N+](=O)[O-])c4)C3=O)o2)cc1. The summed E-state index contributed by atoms with van der Waals surface area (Å²) in [4.78, 5) is 26.1. The lowest BCUT2D eigenvalue weighted by molar-refractivity contribution is -0.384. The molecule has 6 nitrogen and oxygen atoms in total. The topological polar surface area (TPSA) is 76.6 Å². The number of nitrogens with zero attached hydrogens (tertiary/aromatic N) is 2. The first-order valence-corrected chi connectivity index (χ1v) is 10.8. The highest BCUT2D eigenvalue weighted by Crippen LogP contribution is 2.38. The maximum absolute atomic E-state index is 12.9. The minimum Gasteiger partial charge on any atom is -0.450 e. The molecule has 0 saturated carbocycles. The highest BCUT2D eigenvalue weighted by atomic mass is 32.2. The molecule has 0 atom stereocenters. The van der Waals surface area contributed by atoms with E-state index < -0.39 is 4.92 Å². The fourth-order valence-electron chi connectivity index (χ4n) is 2.75. The second-order valence-electron chi connectivity index (χ2n) is 6.37. The van der Waals surface area contributed by atoms with Crippen LogP contribution in [0.1, 0.15) is 11.3 Å². The molecule has 2 heterocycles. The van der Waals surface area contributed by atoms with Crippen molar-refractivity contribution >= 4 is 63.4 Å². The first kappa shape index (κ1) is 20.4. The van der Waals surface area contributed by atoms with Crippen molar-refractivity contribution in [3.05, 3.63) is 87.0 Å². The minimum absolute atomic E-state index is 0.102. The largest absolute Gasteiger partial charge is 0.450 e. The molecule has 2 aromatic carbocycles. The van der Waals surface area contributed by atoms with Crippen LogP contribution >= 0.6 is 35.7 Å². The van der Waals surface area contributed by atoms with Crippen molar-refractivity contribution in [1.29, 1.82) is 0 Å². The second-order valence-corrected chi connectivity index (χ2v) is 9.12. The number of nitro benzene ring substituents is 1. The number of hydrogen-bond acceptors (Lipinski definition) is 7. The van der Waals surface area contributed by atoms with Crippen LogP contribution in [0, 0.1) is 17.0 Å². The van der Waals surface area contributed by atoms with Crippen LogP contribution in [0.4, 0.5) is 11.4 Å². The standard InChI is InChI=1S/C21H14N2O4S3/c1-13-5-8-17(9-6-13)29-19-10-7-16(27-19)12-18-20(24)22(21(28)30-18)14-3-2-4-15(11-14)23(25)26/h2-12H,1H3/b18-12+. The molecule has 1 aliphatic rings. The van der Waals surface area contributed by atoms with E-state index in [1.165, 1.54) is 40.4 Å². The summed E-state index contributed by atoms with van der Waals surface area (Å²) in [7, 11) is 0. The third-order valence-corrected chi connectivity index (χ3v) is 6.44. The van der Waals surface area contributed by atoms with Gasteiger partial charge < -0.3 is 4.42 Å². The number of benzene rings is 2. The summed E-state index contributed by atoms with van der Waals surface area (Å²) < 4.78 is 6.14. The Morgan fingerprint density at radius 2 is 1.93 bits per heavy atom. The van der Waals surface area contributed by atoms with Gasteiger partial charge in [0.1, 0.15) is 5.76 Å². The average molecular weight is 455 g/mol. The quantitative estimate of drug-likeness (QED) is 0.201. The summed E-state index contributed by atoms with van der Waals surface area (Å²) in [5.41, 5.74) is 1.45. The Bertz CT molecular complexity index is 1180. The number of non-ortho nitro benzene ring substituents is 1. The summed E-state index contributed by atoms with van der Waals surface area (Å²) in [6, 6.07) is 17.6. The Balaban J connectivity index is 1.54. The fourth-order valence-corrected chi connectivity index (χ4v) is 4.81. The number of carbonyl (C=O) groups excluding carboxylic acids is 1. The van der Waals surface area contributed by atoms with Crippen molar-refractivity contribution in [2.45, 2.75) is 16.9 Å². The highest BCUT2D eigenvalue weighted by Gasteiger charge is 2.34. The Morgan fingerprint density at radius 3 is 2.67 bits per heavy atom. The third-order valence-electron chi connectivity index (χ3n) is 4.21. The predicted molar refractivity (Wildman–Crippen MR) is 123 cm³/mol. The van der Waals surface area contributed by atoms with E-state index in [2.05, 4.69) is 0 Å². The van der Waals surface area contributed by atoms with Gasteiger partial charge in [-0.05, 0) is 37.3 Å². The molecule has 0 N–H and O–H groups in total. The lowest BCUT2D eigenvalue weighted by Crippen LogP contribution is -2.27. The second kappa shape index (κ2) is 8.47. The Labute approximate surface area is 186 Å². The first-order valence-electron chi connectivity index (χ1n) is 8.77. The molecule has 0 spiro atoms. The number of hydrogen-bond donors (Lipinski definition) is 0. The molecule has 30 heavy (non-hydrogen) atoms. The highest BCUT2D eigenvalue weighted by molar-refractivity contribution is 8.27. The smallest absolute Gasteiger partial charge is 0.271 e. The van der Waals surface area contributed by atoms with Gasteiger partial charge in [-0.1, -0.05) is 59.5 Å². The van der Waals surface area contributed by atoms with E-state index in [1.54, 1.807) is 18.2 Å². The van der Waals surface area contributed by atoms with E-state index in [-0.39, 0.29) is 11.6 Å². The molecule has 1 amide bonds. The Morgan fingerprint density at radius 1 is 1.17 bits per heavy atom. The molecule has 150 valence electrons. The Hall–Kier alpha value is -2.88. The monoisotopic (exact) mass is 454 g/mol.